The van der Waals surface area contributed by atoms with Crippen molar-refractivity contribution < 1.29 is 0 Å². The molecule has 2 aromatic rings. The summed E-state index contributed by atoms with van der Waals surface area (Å²) in [5, 5.41) is 11.1. The van der Waals surface area contributed by atoms with Gasteiger partial charge in [-0.3, -0.25) is 0 Å². The van der Waals surface area contributed by atoms with Crippen molar-refractivity contribution in [3.05, 3.63) is 24.5 Å². The molecule has 0 aliphatic rings. The molecule has 2 rings (SSSR count). The molecule has 0 aliphatic heterocycles. The Bertz CT molecular complexity index is 283. The van der Waals surface area contributed by atoms with Gasteiger partial charge in [-0.05, 0) is 11.3 Å². The molecular formula is C5H3N4. The van der Waals surface area contributed by atoms with Crippen LogP contribution in [0.5, 0.6) is 0 Å². The summed E-state index contributed by atoms with van der Waals surface area (Å²) in [6, 6.07) is 4.67. The quantitative estimate of drug-likeness (QED) is 0.487. The molecule has 2 aromatic heterocycles. The fourth-order valence-corrected chi connectivity index (χ4v) is 0.643. The van der Waals surface area contributed by atoms with E-state index in [-0.39, 0.29) is 0 Å². The molecule has 0 saturated heterocycles. The van der Waals surface area contributed by atoms with E-state index in [0.717, 1.165) is 5.52 Å². The van der Waals surface area contributed by atoms with Crippen LogP contribution in [0.15, 0.2) is 18.5 Å². The number of hydrogen-bond donors (Lipinski definition) is 0. The highest BCUT2D eigenvalue weighted by atomic mass is 15.5. The van der Waals surface area contributed by atoms with Crippen molar-refractivity contribution in [2.45, 2.75) is 0 Å². The van der Waals surface area contributed by atoms with Gasteiger partial charge in [-0.15, -0.1) is 9.73 Å². The van der Waals surface area contributed by atoms with Crippen LogP contribution < -0.4 is 0 Å². The number of hydrogen-bond acceptors (Lipinski definition) is 3. The second kappa shape index (κ2) is 1.51. The predicted molar refractivity (Wildman–Crippen MR) is 29.6 cm³/mol. The second-order valence-corrected chi connectivity index (χ2v) is 1.58. The summed E-state index contributed by atoms with van der Waals surface area (Å²) < 4.78 is 1.42. The first-order valence-corrected chi connectivity index (χ1v) is 2.50. The highest BCUT2D eigenvalue weighted by Crippen LogP contribution is 1.92. The maximum atomic E-state index is 3.83. The van der Waals surface area contributed by atoms with E-state index in [4.69, 9.17) is 0 Å². The Kier molecular flexibility index (Phi) is 0.745. The molecule has 4 nitrogen and oxygen atoms in total. The van der Waals surface area contributed by atoms with Gasteiger partial charge in [0, 0.05) is 6.07 Å². The van der Waals surface area contributed by atoms with E-state index in [1.54, 1.807) is 6.20 Å². The molecule has 0 aliphatic carbocycles. The molecule has 0 N–H and O–H groups in total. The van der Waals surface area contributed by atoms with E-state index in [0.29, 0.717) is 0 Å². The fraction of sp³-hybridized carbons (Fsp3) is 0. The molecule has 2 heterocycles. The van der Waals surface area contributed by atoms with Crippen molar-refractivity contribution in [1.29, 1.82) is 0 Å². The van der Waals surface area contributed by atoms with Gasteiger partial charge in [0.25, 0.3) is 0 Å². The van der Waals surface area contributed by atoms with Crippen molar-refractivity contribution in [3.63, 3.8) is 0 Å². The molecule has 43 valence electrons. The molecule has 0 saturated carbocycles. The summed E-state index contributed by atoms with van der Waals surface area (Å²) in [7, 11) is 0. The van der Waals surface area contributed by atoms with Gasteiger partial charge in [0.15, 0.2) is 0 Å². The number of nitrogens with zero attached hydrogens (tertiary/aromatic N) is 4. The molecule has 0 bridgehead atoms. The topological polar surface area (TPSA) is 43.1 Å². The Morgan fingerprint density at radius 2 is 2.56 bits per heavy atom. The Balaban J connectivity index is 2.95. The van der Waals surface area contributed by atoms with Crippen LogP contribution in [0.1, 0.15) is 0 Å². The molecular weight excluding hydrogens is 116 g/mol. The van der Waals surface area contributed by atoms with Crippen LogP contribution in [0.3, 0.4) is 0 Å². The SMILES string of the molecule is [c]1cnnn2nccc12. The summed E-state index contributed by atoms with van der Waals surface area (Å²) in [6.07, 6.45) is 3.16. The summed E-state index contributed by atoms with van der Waals surface area (Å²) in [5.41, 5.74) is 0.838. The van der Waals surface area contributed by atoms with Crippen LogP contribution in [0.25, 0.3) is 5.52 Å². The summed E-state index contributed by atoms with van der Waals surface area (Å²) in [5.74, 6) is 0. The van der Waals surface area contributed by atoms with E-state index >= 15 is 0 Å². The summed E-state index contributed by atoms with van der Waals surface area (Å²) in [6.45, 7) is 0. The molecule has 9 heavy (non-hydrogen) atoms. The van der Waals surface area contributed by atoms with E-state index in [1.807, 2.05) is 6.07 Å². The van der Waals surface area contributed by atoms with Crippen LogP contribution >= 0.6 is 0 Å². The third kappa shape index (κ3) is 0.561. The molecule has 0 spiro atoms. The largest absolute Gasteiger partial charge is 0.157 e. The molecule has 0 fully saturated rings. The Morgan fingerprint density at radius 1 is 1.56 bits per heavy atom. The fourth-order valence-electron chi connectivity index (χ4n) is 0.643. The van der Waals surface area contributed by atoms with E-state index in [2.05, 4.69) is 21.5 Å². The van der Waals surface area contributed by atoms with Gasteiger partial charge in [-0.25, -0.2) is 0 Å². The molecule has 0 atom stereocenters. The lowest BCUT2D eigenvalue weighted by Gasteiger charge is -1.82. The third-order valence-electron chi connectivity index (χ3n) is 1.03. The lowest BCUT2D eigenvalue weighted by molar-refractivity contribution is 0.718. The van der Waals surface area contributed by atoms with E-state index in [1.165, 1.54) is 10.8 Å². The highest BCUT2D eigenvalue weighted by molar-refractivity contribution is 5.40. The zero-order chi connectivity index (χ0) is 6.10. The van der Waals surface area contributed by atoms with Crippen LogP contribution in [0, 0.1) is 6.07 Å². The average Bonchev–Trinajstić information content (AvgIpc) is 2.33. The lowest BCUT2D eigenvalue weighted by Crippen LogP contribution is -1.93. The molecule has 0 amide bonds. The summed E-state index contributed by atoms with van der Waals surface area (Å²) >= 11 is 0. The van der Waals surface area contributed by atoms with E-state index < -0.39 is 0 Å². The lowest BCUT2D eigenvalue weighted by atomic mass is 10.5. The Labute approximate surface area is 51.1 Å². The Morgan fingerprint density at radius 3 is 3.44 bits per heavy atom. The van der Waals surface area contributed by atoms with Gasteiger partial charge in [0.2, 0.25) is 0 Å². The van der Waals surface area contributed by atoms with Crippen molar-refractivity contribution in [3.8, 4) is 0 Å². The molecule has 0 aromatic carbocycles. The molecule has 1 radical (unpaired) electrons. The number of fused-ring (bicyclic) bond motifs is 1. The van der Waals surface area contributed by atoms with Gasteiger partial charge >= 0.3 is 0 Å². The Hall–Kier alpha value is -1.45. The summed E-state index contributed by atoms with van der Waals surface area (Å²) in [4.78, 5) is 0. The second-order valence-electron chi connectivity index (χ2n) is 1.58. The monoisotopic (exact) mass is 119 g/mol. The van der Waals surface area contributed by atoms with Crippen molar-refractivity contribution in [1.82, 2.24) is 20.0 Å². The van der Waals surface area contributed by atoms with Crippen molar-refractivity contribution in [2.24, 2.45) is 0 Å². The van der Waals surface area contributed by atoms with Crippen LogP contribution in [-0.4, -0.2) is 20.0 Å². The van der Waals surface area contributed by atoms with Gasteiger partial charge in [-0.1, -0.05) is 0 Å². The smallest absolute Gasteiger partial charge is 0.0986 e. The number of aromatic nitrogens is 4. The van der Waals surface area contributed by atoms with Crippen molar-refractivity contribution in [2.75, 3.05) is 0 Å². The zero-order valence-electron chi connectivity index (χ0n) is 4.52. The van der Waals surface area contributed by atoms with Gasteiger partial charge in [-0.2, -0.15) is 5.10 Å². The maximum absolute atomic E-state index is 3.83. The molecule has 0 unspecified atom stereocenters. The van der Waals surface area contributed by atoms with E-state index in [9.17, 15) is 0 Å². The van der Waals surface area contributed by atoms with Gasteiger partial charge in [0.1, 0.15) is 0 Å². The average molecular weight is 119 g/mol. The minimum absolute atomic E-state index is 0.838. The zero-order valence-corrected chi connectivity index (χ0v) is 4.52. The van der Waals surface area contributed by atoms with Crippen LogP contribution in [0.2, 0.25) is 0 Å². The van der Waals surface area contributed by atoms with Gasteiger partial charge < -0.3 is 0 Å². The van der Waals surface area contributed by atoms with Crippen molar-refractivity contribution >= 4 is 5.52 Å². The predicted octanol–water partition coefficient (Wildman–Crippen LogP) is -0.0755. The highest BCUT2D eigenvalue weighted by Gasteiger charge is 1.88. The van der Waals surface area contributed by atoms with Crippen LogP contribution in [-0.2, 0) is 0 Å². The minimum atomic E-state index is 0.838. The van der Waals surface area contributed by atoms with Gasteiger partial charge in [0.05, 0.1) is 17.9 Å². The normalized spacial score (nSPS) is 10.2. The van der Waals surface area contributed by atoms with Crippen LogP contribution in [0.4, 0.5) is 0 Å². The maximum Gasteiger partial charge on any atom is 0.0986 e. The minimum Gasteiger partial charge on any atom is -0.157 e. The first kappa shape index (κ1) is 4.43. The standard InChI is InChI=1S/C5H3N4/c1-3-6-8-9-5(1)2-4-7-9/h2-4H. The first-order valence-electron chi connectivity index (χ1n) is 2.50. The number of rotatable bonds is 0. The first-order chi connectivity index (χ1) is 4.47. The molecule has 4 heteroatoms. The third-order valence-corrected chi connectivity index (χ3v) is 1.03.